The second kappa shape index (κ2) is 7.71. The zero-order chi connectivity index (χ0) is 19.7. The van der Waals surface area contributed by atoms with Crippen molar-refractivity contribution < 1.29 is 9.53 Å². The fourth-order valence-electron chi connectivity index (χ4n) is 2.98. The van der Waals surface area contributed by atoms with Gasteiger partial charge in [0, 0.05) is 4.90 Å². The predicted molar refractivity (Wildman–Crippen MR) is 109 cm³/mol. The maximum Gasteiger partial charge on any atom is 0.338 e. The third-order valence-electron chi connectivity index (χ3n) is 4.17. The number of hydrogen-bond donors (Lipinski definition) is 1. The van der Waals surface area contributed by atoms with Crippen molar-refractivity contribution in [2.45, 2.75) is 37.8 Å². The smallest absolute Gasteiger partial charge is 0.338 e. The number of carbonyl (C=O) groups is 1. The molecule has 140 valence electrons. The fraction of sp³-hybridized carbons (Fsp3) is 0.316. The second-order valence-electron chi connectivity index (χ2n) is 6.32. The van der Waals surface area contributed by atoms with E-state index < -0.39 is 12.0 Å². The van der Waals surface area contributed by atoms with E-state index in [0.717, 1.165) is 10.5 Å². The lowest BCUT2D eigenvalue weighted by molar-refractivity contribution is -0.143. The zero-order valence-corrected chi connectivity index (χ0v) is 17.1. The number of rotatable bonds is 4. The molecule has 0 fully saturated rings. The first-order valence-electron chi connectivity index (χ1n) is 8.38. The molecule has 0 aliphatic carbocycles. The lowest BCUT2D eigenvalue weighted by Crippen LogP contribution is -2.39. The van der Waals surface area contributed by atoms with Crippen LogP contribution in [0.1, 0.15) is 32.4 Å². The summed E-state index contributed by atoms with van der Waals surface area (Å²) in [6.45, 7) is 5.40. The van der Waals surface area contributed by atoms with Gasteiger partial charge in [-0.3, -0.25) is 4.90 Å². The van der Waals surface area contributed by atoms with Gasteiger partial charge in [-0.05, 0) is 56.5 Å². The summed E-state index contributed by atoms with van der Waals surface area (Å²) in [5.74, 6) is -0.116. The highest BCUT2D eigenvalue weighted by Crippen LogP contribution is 2.45. The molecule has 1 atom stereocenters. The minimum absolute atomic E-state index is 0.252. The lowest BCUT2D eigenvalue weighted by atomic mass is 9.94. The number of fused-ring (bicyclic) bond motifs is 1. The number of nitrogens with zero attached hydrogens (tertiary/aromatic N) is 3. The number of aliphatic imine (C=N–C) groups is 1. The number of esters is 1. The van der Waals surface area contributed by atoms with E-state index in [0.29, 0.717) is 27.2 Å². The predicted octanol–water partition coefficient (Wildman–Crippen LogP) is 3.74. The summed E-state index contributed by atoms with van der Waals surface area (Å²) in [7, 11) is 0. The highest BCUT2D eigenvalue weighted by Gasteiger charge is 2.42. The normalized spacial score (nSPS) is 19.2. The Morgan fingerprint density at radius 2 is 2.07 bits per heavy atom. The molecule has 8 heteroatoms. The van der Waals surface area contributed by atoms with Gasteiger partial charge in [-0.25, -0.2) is 9.79 Å². The van der Waals surface area contributed by atoms with Crippen LogP contribution < -0.4 is 5.73 Å². The van der Waals surface area contributed by atoms with Crippen LogP contribution in [0.15, 0.2) is 56.1 Å². The van der Waals surface area contributed by atoms with Gasteiger partial charge in [-0.2, -0.15) is 5.26 Å². The van der Waals surface area contributed by atoms with E-state index in [-0.39, 0.29) is 6.10 Å². The number of allylic oxidation sites excluding steroid dienone is 2. The Labute approximate surface area is 167 Å². The monoisotopic (exact) mass is 400 g/mol. The van der Waals surface area contributed by atoms with Gasteiger partial charge in [-0.15, -0.1) is 11.8 Å². The van der Waals surface area contributed by atoms with Crippen LogP contribution in [-0.4, -0.2) is 28.4 Å². The van der Waals surface area contributed by atoms with Crippen molar-refractivity contribution in [2.24, 2.45) is 10.7 Å². The van der Waals surface area contributed by atoms with Crippen LogP contribution in [0.5, 0.6) is 0 Å². The quantitative estimate of drug-likeness (QED) is 0.608. The number of thioether (sulfide) groups is 2. The number of benzene rings is 1. The second-order valence-corrected chi connectivity index (χ2v) is 8.18. The summed E-state index contributed by atoms with van der Waals surface area (Å²) in [6, 6.07) is 9.56. The zero-order valence-electron chi connectivity index (χ0n) is 15.5. The lowest BCUT2D eigenvalue weighted by Gasteiger charge is -2.35. The van der Waals surface area contributed by atoms with Crippen molar-refractivity contribution in [1.29, 1.82) is 5.26 Å². The summed E-state index contributed by atoms with van der Waals surface area (Å²) in [4.78, 5) is 20.6. The average Bonchev–Trinajstić information content (AvgIpc) is 2.95. The molecule has 2 heterocycles. The largest absolute Gasteiger partial charge is 0.459 e. The molecule has 2 aliphatic rings. The molecule has 2 aliphatic heterocycles. The van der Waals surface area contributed by atoms with Crippen LogP contribution in [-0.2, 0) is 9.53 Å². The standard InChI is InChI=1S/C19H20N4O2S2/c1-10(2)25-18(24)15-11(3)22-19-23(17(21)14(9-20)27-19)16(15)12-5-7-13(26-4)8-6-12/h5-8,10,16H,21H2,1-4H3/t16-/m0/s1. The van der Waals surface area contributed by atoms with Crippen molar-refractivity contribution in [2.75, 3.05) is 6.26 Å². The van der Waals surface area contributed by atoms with E-state index in [4.69, 9.17) is 10.5 Å². The number of nitriles is 1. The third-order valence-corrected chi connectivity index (χ3v) is 5.89. The minimum atomic E-state index is -0.488. The first kappa shape index (κ1) is 19.4. The molecule has 0 amide bonds. The van der Waals surface area contributed by atoms with Gasteiger partial charge in [0.2, 0.25) is 0 Å². The van der Waals surface area contributed by atoms with E-state index in [9.17, 15) is 10.1 Å². The molecule has 6 nitrogen and oxygen atoms in total. The van der Waals surface area contributed by atoms with Crippen LogP contribution in [0.3, 0.4) is 0 Å². The Bertz CT molecular complexity index is 911. The summed E-state index contributed by atoms with van der Waals surface area (Å²) in [5, 5.41) is 9.97. The molecule has 27 heavy (non-hydrogen) atoms. The SMILES string of the molecule is CSc1ccc([C@H]2C(C(=O)OC(C)C)=C(C)N=C3SC(C#N)=C(N)N32)cc1. The van der Waals surface area contributed by atoms with Gasteiger partial charge in [0.05, 0.1) is 23.4 Å². The van der Waals surface area contributed by atoms with Crippen molar-refractivity contribution in [1.82, 2.24) is 4.90 Å². The van der Waals surface area contributed by atoms with Crippen molar-refractivity contribution >= 4 is 34.7 Å². The highest BCUT2D eigenvalue weighted by atomic mass is 32.2. The van der Waals surface area contributed by atoms with E-state index in [1.165, 1.54) is 11.8 Å². The molecule has 0 saturated carbocycles. The summed E-state index contributed by atoms with van der Waals surface area (Å²) in [6.07, 6.45) is 1.76. The van der Waals surface area contributed by atoms with Gasteiger partial charge in [-0.1, -0.05) is 12.1 Å². The van der Waals surface area contributed by atoms with E-state index in [1.54, 1.807) is 37.4 Å². The average molecular weight is 401 g/mol. The number of amidine groups is 1. The van der Waals surface area contributed by atoms with Crippen LogP contribution in [0.25, 0.3) is 0 Å². The molecule has 0 unspecified atom stereocenters. The van der Waals surface area contributed by atoms with Crippen molar-refractivity contribution in [3.8, 4) is 6.07 Å². The van der Waals surface area contributed by atoms with E-state index >= 15 is 0 Å². The molecule has 0 radical (unpaired) electrons. The molecule has 0 saturated heterocycles. The number of hydrogen-bond acceptors (Lipinski definition) is 8. The number of ether oxygens (including phenoxy) is 1. The maximum absolute atomic E-state index is 12.9. The van der Waals surface area contributed by atoms with E-state index in [1.807, 2.05) is 30.5 Å². The molecule has 1 aromatic carbocycles. The maximum atomic E-state index is 12.9. The Kier molecular flexibility index (Phi) is 5.53. The highest BCUT2D eigenvalue weighted by molar-refractivity contribution is 8.17. The Morgan fingerprint density at radius 3 is 2.63 bits per heavy atom. The van der Waals surface area contributed by atoms with Gasteiger partial charge in [0.1, 0.15) is 16.8 Å². The van der Waals surface area contributed by atoms with Crippen molar-refractivity contribution in [3.63, 3.8) is 0 Å². The van der Waals surface area contributed by atoms with Crippen LogP contribution in [0, 0.1) is 11.3 Å². The summed E-state index contributed by atoms with van der Waals surface area (Å²) in [5.41, 5.74) is 8.14. The Morgan fingerprint density at radius 1 is 1.41 bits per heavy atom. The molecule has 0 spiro atoms. The van der Waals surface area contributed by atoms with Gasteiger partial charge < -0.3 is 10.5 Å². The first-order valence-corrected chi connectivity index (χ1v) is 10.4. The molecular weight excluding hydrogens is 380 g/mol. The summed E-state index contributed by atoms with van der Waals surface area (Å²) < 4.78 is 5.47. The third kappa shape index (κ3) is 3.57. The Hall–Kier alpha value is -2.37. The number of carbonyl (C=O) groups excluding carboxylic acids is 1. The van der Waals surface area contributed by atoms with E-state index in [2.05, 4.69) is 11.1 Å². The van der Waals surface area contributed by atoms with Gasteiger partial charge >= 0.3 is 5.97 Å². The fourth-order valence-corrected chi connectivity index (χ4v) is 4.31. The molecule has 3 rings (SSSR count). The minimum Gasteiger partial charge on any atom is -0.459 e. The first-order chi connectivity index (χ1) is 12.9. The van der Waals surface area contributed by atoms with Crippen LogP contribution >= 0.6 is 23.5 Å². The molecule has 2 N–H and O–H groups in total. The Balaban J connectivity index is 2.14. The summed E-state index contributed by atoms with van der Waals surface area (Å²) >= 11 is 2.86. The van der Waals surface area contributed by atoms with Gasteiger partial charge in [0.15, 0.2) is 5.17 Å². The van der Waals surface area contributed by atoms with Crippen molar-refractivity contribution in [3.05, 3.63) is 51.8 Å². The topological polar surface area (TPSA) is 91.7 Å². The molecule has 0 bridgehead atoms. The molecular formula is C19H20N4O2S2. The molecule has 1 aromatic rings. The number of nitrogens with two attached hydrogens (primary N) is 1. The van der Waals surface area contributed by atoms with Crippen LogP contribution in [0.4, 0.5) is 0 Å². The van der Waals surface area contributed by atoms with Gasteiger partial charge in [0.25, 0.3) is 0 Å². The van der Waals surface area contributed by atoms with Crippen LogP contribution in [0.2, 0.25) is 0 Å². The molecule has 0 aromatic heterocycles.